The van der Waals surface area contributed by atoms with Crippen LogP contribution in [0.4, 0.5) is 16.5 Å². The van der Waals surface area contributed by atoms with Crippen molar-refractivity contribution < 1.29 is 4.79 Å². The van der Waals surface area contributed by atoms with Crippen LogP contribution in [0.2, 0.25) is 0 Å². The zero-order valence-electron chi connectivity index (χ0n) is 16.0. The number of H-pyrrole nitrogens is 1. The van der Waals surface area contributed by atoms with Gasteiger partial charge in [0.1, 0.15) is 5.01 Å². The molecule has 0 spiro atoms. The molecule has 2 aromatic heterocycles. The third kappa shape index (κ3) is 3.70. The number of hydrogen-bond donors (Lipinski definition) is 3. The van der Waals surface area contributed by atoms with Gasteiger partial charge < -0.3 is 10.6 Å². The monoisotopic (exact) mass is 415 g/mol. The van der Waals surface area contributed by atoms with Crippen LogP contribution in [0.15, 0.2) is 53.5 Å². The highest BCUT2D eigenvalue weighted by Gasteiger charge is 2.12. The average molecular weight is 415 g/mol. The first-order chi connectivity index (χ1) is 14.6. The number of aromatic amines is 1. The van der Waals surface area contributed by atoms with Gasteiger partial charge in [-0.05, 0) is 48.4 Å². The Bertz CT molecular complexity index is 1270. The molecule has 0 unspecified atom stereocenters. The molecule has 9 heteroatoms. The Balaban J connectivity index is 1.32. The highest BCUT2D eigenvalue weighted by molar-refractivity contribution is 7.18. The Labute approximate surface area is 176 Å². The Morgan fingerprint density at radius 2 is 2.03 bits per heavy atom. The van der Waals surface area contributed by atoms with E-state index in [1.54, 1.807) is 6.07 Å². The Kier molecular flexibility index (Phi) is 4.56. The largest absolute Gasteiger partial charge is 0.330 e. The van der Waals surface area contributed by atoms with E-state index in [-0.39, 0.29) is 5.91 Å². The lowest BCUT2D eigenvalue weighted by atomic mass is 10.1. The second-order valence-electron chi connectivity index (χ2n) is 6.89. The second kappa shape index (κ2) is 7.53. The van der Waals surface area contributed by atoms with Crippen molar-refractivity contribution in [2.75, 3.05) is 10.6 Å². The van der Waals surface area contributed by atoms with E-state index in [1.807, 2.05) is 43.5 Å². The number of rotatable bonds is 5. The number of amides is 1. The van der Waals surface area contributed by atoms with Gasteiger partial charge in [0.05, 0.1) is 6.54 Å². The quantitative estimate of drug-likeness (QED) is 0.453. The third-order valence-electron chi connectivity index (χ3n) is 4.62. The van der Waals surface area contributed by atoms with Gasteiger partial charge >= 0.3 is 0 Å². The maximum absolute atomic E-state index is 12.3. The summed E-state index contributed by atoms with van der Waals surface area (Å²) in [5.74, 6) is -0.267. The maximum atomic E-state index is 12.3. The minimum atomic E-state index is -0.267. The van der Waals surface area contributed by atoms with Crippen LogP contribution in [-0.2, 0) is 6.54 Å². The summed E-state index contributed by atoms with van der Waals surface area (Å²) in [4.78, 5) is 16.6. The summed E-state index contributed by atoms with van der Waals surface area (Å²) < 4.78 is 0. The normalized spacial score (nSPS) is 12.0. The van der Waals surface area contributed by atoms with Crippen LogP contribution >= 0.6 is 11.3 Å². The zero-order valence-corrected chi connectivity index (χ0v) is 16.8. The van der Waals surface area contributed by atoms with Crippen molar-refractivity contribution in [2.24, 2.45) is 4.99 Å². The van der Waals surface area contributed by atoms with Crippen molar-refractivity contribution in [2.45, 2.75) is 13.5 Å². The summed E-state index contributed by atoms with van der Waals surface area (Å²) >= 11 is 1.44. The minimum Gasteiger partial charge on any atom is -0.330 e. The molecule has 1 amide bonds. The molecule has 1 aliphatic rings. The number of aliphatic imine (C=N–C) groups is 1. The predicted octanol–water partition coefficient (Wildman–Crippen LogP) is 4.17. The molecule has 4 aromatic rings. The number of hydrogen-bond acceptors (Lipinski definition) is 7. The molecule has 0 atom stereocenters. The lowest BCUT2D eigenvalue weighted by Crippen LogP contribution is -2.12. The van der Waals surface area contributed by atoms with E-state index in [4.69, 9.17) is 0 Å². The lowest BCUT2D eigenvalue weighted by molar-refractivity contribution is 0.102. The highest BCUT2D eigenvalue weighted by Crippen LogP contribution is 2.30. The number of nitrogens with zero attached hydrogens (tertiary/aromatic N) is 4. The van der Waals surface area contributed by atoms with Crippen molar-refractivity contribution in [3.63, 3.8) is 0 Å². The predicted molar refractivity (Wildman–Crippen MR) is 118 cm³/mol. The van der Waals surface area contributed by atoms with Gasteiger partial charge in [0.2, 0.25) is 5.13 Å². The highest BCUT2D eigenvalue weighted by atomic mass is 32.1. The minimum absolute atomic E-state index is 0.267. The number of aromatic nitrogens is 4. The van der Waals surface area contributed by atoms with Gasteiger partial charge in [-0.2, -0.15) is 5.10 Å². The molecule has 0 aliphatic carbocycles. The molecule has 30 heavy (non-hydrogen) atoms. The fourth-order valence-electron chi connectivity index (χ4n) is 3.15. The van der Waals surface area contributed by atoms with Crippen molar-refractivity contribution in [3.8, 4) is 10.6 Å². The van der Waals surface area contributed by atoms with E-state index in [9.17, 15) is 4.79 Å². The molecule has 0 bridgehead atoms. The number of anilines is 3. The van der Waals surface area contributed by atoms with Crippen LogP contribution in [-0.4, -0.2) is 32.5 Å². The SMILES string of the molecule is Cc1cc(C(=O)Nc2cccc(-c3nnc(Nc4ccc5c(c4)C=NC5)s3)c2)n[nH]1. The van der Waals surface area contributed by atoms with Gasteiger partial charge in [-0.3, -0.25) is 14.9 Å². The van der Waals surface area contributed by atoms with Crippen LogP contribution in [0.1, 0.15) is 27.3 Å². The number of nitrogens with one attached hydrogen (secondary N) is 3. The smallest absolute Gasteiger partial charge is 0.276 e. The fourth-order valence-corrected chi connectivity index (χ4v) is 3.91. The summed E-state index contributed by atoms with van der Waals surface area (Å²) in [5, 5.41) is 22.9. The van der Waals surface area contributed by atoms with Crippen molar-refractivity contribution in [1.82, 2.24) is 20.4 Å². The molecule has 1 aliphatic heterocycles. The topological polar surface area (TPSA) is 108 Å². The molecule has 5 rings (SSSR count). The van der Waals surface area contributed by atoms with E-state index < -0.39 is 0 Å². The van der Waals surface area contributed by atoms with Crippen molar-refractivity contribution >= 4 is 40.0 Å². The summed E-state index contributed by atoms with van der Waals surface area (Å²) in [7, 11) is 0. The van der Waals surface area contributed by atoms with Crippen LogP contribution in [0, 0.1) is 6.92 Å². The van der Waals surface area contributed by atoms with Gasteiger partial charge in [0.15, 0.2) is 5.69 Å². The van der Waals surface area contributed by atoms with Crippen LogP contribution < -0.4 is 10.6 Å². The van der Waals surface area contributed by atoms with E-state index in [2.05, 4.69) is 48.2 Å². The molecule has 2 aromatic carbocycles. The van der Waals surface area contributed by atoms with E-state index in [0.717, 1.165) is 34.1 Å². The van der Waals surface area contributed by atoms with Gasteiger partial charge in [0, 0.05) is 28.8 Å². The molecule has 148 valence electrons. The number of fused-ring (bicyclic) bond motifs is 1. The molecule has 0 saturated heterocycles. The molecule has 0 fully saturated rings. The summed E-state index contributed by atoms with van der Waals surface area (Å²) in [6.07, 6.45) is 1.89. The second-order valence-corrected chi connectivity index (χ2v) is 7.87. The molecular formula is C21H17N7OS. The number of benzene rings is 2. The Morgan fingerprint density at radius 1 is 1.10 bits per heavy atom. The third-order valence-corrected chi connectivity index (χ3v) is 5.51. The van der Waals surface area contributed by atoms with Crippen LogP contribution in [0.25, 0.3) is 10.6 Å². The molecule has 8 nitrogen and oxygen atoms in total. The Hall–Kier alpha value is -3.85. The summed E-state index contributed by atoms with van der Waals surface area (Å²) in [5.41, 5.74) is 6.01. The number of aryl methyl sites for hydroxylation is 1. The maximum Gasteiger partial charge on any atom is 0.276 e. The van der Waals surface area contributed by atoms with Crippen molar-refractivity contribution in [3.05, 3.63) is 71.0 Å². The van der Waals surface area contributed by atoms with Crippen LogP contribution in [0.3, 0.4) is 0 Å². The number of carbonyl (C=O) groups excluding carboxylic acids is 1. The first-order valence-corrected chi connectivity index (χ1v) is 10.1. The number of carbonyl (C=O) groups is 1. The van der Waals surface area contributed by atoms with Gasteiger partial charge in [0.25, 0.3) is 5.91 Å². The van der Waals surface area contributed by atoms with Crippen molar-refractivity contribution in [1.29, 1.82) is 0 Å². The Morgan fingerprint density at radius 3 is 2.90 bits per heavy atom. The van der Waals surface area contributed by atoms with E-state index >= 15 is 0 Å². The van der Waals surface area contributed by atoms with E-state index in [1.165, 1.54) is 16.9 Å². The zero-order chi connectivity index (χ0) is 20.5. The van der Waals surface area contributed by atoms with E-state index in [0.29, 0.717) is 16.5 Å². The van der Waals surface area contributed by atoms with Crippen LogP contribution in [0.5, 0.6) is 0 Å². The molecule has 0 saturated carbocycles. The molecular weight excluding hydrogens is 398 g/mol. The summed E-state index contributed by atoms with van der Waals surface area (Å²) in [6.45, 7) is 2.59. The standard InChI is InChI=1S/C21H17N7OS/c1-12-7-18(26-25-12)19(29)23-16-4-2-3-13(8-16)20-27-28-21(30-20)24-17-6-5-14-10-22-11-15(14)9-17/h2-9,11H,10H2,1H3,(H,23,29)(H,24,28)(H,25,26). The first-order valence-electron chi connectivity index (χ1n) is 9.31. The van der Waals surface area contributed by atoms with Gasteiger partial charge in [-0.15, -0.1) is 10.2 Å². The fraction of sp³-hybridized carbons (Fsp3) is 0.0952. The molecule has 0 radical (unpaired) electrons. The molecule has 3 heterocycles. The summed E-state index contributed by atoms with van der Waals surface area (Å²) in [6, 6.07) is 15.3. The molecule has 3 N–H and O–H groups in total. The lowest BCUT2D eigenvalue weighted by Gasteiger charge is -2.05. The van der Waals surface area contributed by atoms with Gasteiger partial charge in [-0.1, -0.05) is 29.5 Å². The first kappa shape index (κ1) is 18.2. The average Bonchev–Trinajstić information content (AvgIpc) is 3.49. The van der Waals surface area contributed by atoms with Gasteiger partial charge in [-0.25, -0.2) is 0 Å².